The molecule has 7 heteroatoms. The first-order chi connectivity index (χ1) is 16.6. The van der Waals surface area contributed by atoms with Crippen LogP contribution in [0.25, 0.3) is 10.9 Å². The van der Waals surface area contributed by atoms with Crippen LogP contribution < -0.4 is 9.72 Å². The second kappa shape index (κ2) is 15.2. The summed E-state index contributed by atoms with van der Waals surface area (Å²) in [6, 6.07) is 12.9. The van der Waals surface area contributed by atoms with Gasteiger partial charge in [0.15, 0.2) is 0 Å². The van der Waals surface area contributed by atoms with Gasteiger partial charge in [-0.3, -0.25) is 4.90 Å². The third-order valence-electron chi connectivity index (χ3n) is 6.38. The second-order valence-corrected chi connectivity index (χ2v) is 8.42. The van der Waals surface area contributed by atoms with Crippen LogP contribution in [0.1, 0.15) is 55.0 Å². The standard InChI is InChI=1S/C25H32N3O2.C2H6.HI.Os/c1-18-14-24(30-3)22(21-10-11-26-25(18)21)15-27(2)23(16-28-12-4-5-13-28)20-8-6-19(17-29)7-9-20;1-2;;/h6-11,14,23,29H,4-5,12-13,15-17H2,1-3H3;1-2H3;1H;/q-1;;;+1/p-1. The number of fused-ring (bicyclic) bond motifs is 1. The Bertz CT molecular complexity index is 987. The van der Waals surface area contributed by atoms with Gasteiger partial charge in [0.2, 0.25) is 0 Å². The van der Waals surface area contributed by atoms with Crippen molar-refractivity contribution in [2.75, 3.05) is 33.8 Å². The monoisotopic (exact) mass is 755 g/mol. The molecular formula is C27H38IN3O2Os-. The molecule has 1 aliphatic rings. The molecule has 0 amide bonds. The van der Waals surface area contributed by atoms with Crippen LogP contribution in [0.4, 0.5) is 0 Å². The van der Waals surface area contributed by atoms with Crippen LogP contribution in [-0.2, 0) is 28.2 Å². The summed E-state index contributed by atoms with van der Waals surface area (Å²) in [4.78, 5) is 9.55. The quantitative estimate of drug-likeness (QED) is 0.296. The van der Waals surface area contributed by atoms with Gasteiger partial charge in [0.1, 0.15) is 5.75 Å². The van der Waals surface area contributed by atoms with Gasteiger partial charge in [0.25, 0.3) is 0 Å². The van der Waals surface area contributed by atoms with Crippen LogP contribution in [-0.4, -0.2) is 48.7 Å². The summed E-state index contributed by atoms with van der Waals surface area (Å²) in [6.45, 7) is 10.3. The molecule has 2 heterocycles. The molecule has 1 fully saturated rings. The van der Waals surface area contributed by atoms with E-state index in [1.54, 1.807) is 7.11 Å². The van der Waals surface area contributed by atoms with E-state index in [1.165, 1.54) is 42.4 Å². The first-order valence-corrected chi connectivity index (χ1v) is 19.1. The van der Waals surface area contributed by atoms with E-state index in [1.807, 2.05) is 47.2 Å². The number of likely N-dealkylation sites (tertiary alicyclic amines) is 1. The Hall–Kier alpha value is -0.974. The second-order valence-electron chi connectivity index (χ2n) is 8.42. The predicted octanol–water partition coefficient (Wildman–Crippen LogP) is 5.78. The Morgan fingerprint density at radius 1 is 1.15 bits per heavy atom. The van der Waals surface area contributed by atoms with Gasteiger partial charge in [-0.15, -0.1) is 5.52 Å². The summed E-state index contributed by atoms with van der Waals surface area (Å²) in [5.74, 6) is 0.926. The molecule has 1 aliphatic heterocycles. The van der Waals surface area contributed by atoms with Crippen molar-refractivity contribution < 1.29 is 24.9 Å². The summed E-state index contributed by atoms with van der Waals surface area (Å²) in [6.07, 6.45) is 4.45. The average molecular weight is 754 g/mol. The number of aliphatic hydroxyl groups is 1. The Labute approximate surface area is 226 Å². The van der Waals surface area contributed by atoms with Gasteiger partial charge >= 0.3 is 34.7 Å². The number of aromatic nitrogens is 1. The van der Waals surface area contributed by atoms with Gasteiger partial charge in [-0.05, 0) is 62.5 Å². The van der Waals surface area contributed by atoms with Crippen molar-refractivity contribution in [3.63, 3.8) is 0 Å². The third kappa shape index (κ3) is 7.27. The molecule has 0 radical (unpaired) electrons. The van der Waals surface area contributed by atoms with E-state index in [0.717, 1.165) is 35.5 Å². The van der Waals surface area contributed by atoms with Crippen LogP contribution in [0.15, 0.2) is 42.6 Å². The maximum atomic E-state index is 9.42. The number of halogens is 1. The normalized spacial score (nSPS) is 14.4. The summed E-state index contributed by atoms with van der Waals surface area (Å²) in [5.41, 5.74) is 5.63. The van der Waals surface area contributed by atoms with Crippen LogP contribution in [0.5, 0.6) is 5.75 Å². The van der Waals surface area contributed by atoms with Crippen molar-refractivity contribution in [2.45, 2.75) is 52.8 Å². The first-order valence-electron chi connectivity index (χ1n) is 11.9. The molecule has 1 unspecified atom stereocenters. The van der Waals surface area contributed by atoms with Crippen LogP contribution in [0, 0.1) is 6.92 Å². The minimum absolute atomic E-state index is 0.0788. The molecule has 1 aromatic heterocycles. The third-order valence-corrected chi connectivity index (χ3v) is 6.38. The topological polar surface area (TPSA) is 50.0 Å². The summed E-state index contributed by atoms with van der Waals surface area (Å²) >= 11 is 4.01. The zero-order valence-electron chi connectivity index (χ0n) is 21.0. The fourth-order valence-corrected chi connectivity index (χ4v) is 4.64. The van der Waals surface area contributed by atoms with E-state index in [-0.39, 0.29) is 12.6 Å². The maximum absolute atomic E-state index is 9.42. The predicted molar refractivity (Wildman–Crippen MR) is 146 cm³/mol. The molecule has 2 aromatic carbocycles. The van der Waals surface area contributed by atoms with Gasteiger partial charge in [-0.25, -0.2) is 0 Å². The van der Waals surface area contributed by atoms with E-state index in [2.05, 4.69) is 72.7 Å². The molecule has 0 aliphatic carbocycles. The summed E-state index contributed by atoms with van der Waals surface area (Å²) < 4.78 is 5.76. The molecular weight excluding hydrogens is 715 g/mol. The van der Waals surface area contributed by atoms with Gasteiger partial charge in [-0.2, -0.15) is 6.20 Å². The van der Waals surface area contributed by atoms with Gasteiger partial charge in [0.05, 0.1) is 13.7 Å². The number of benzene rings is 2. The number of hydrogen-bond acceptors (Lipinski definition) is 4. The first kappa shape index (κ1) is 29.3. The Balaban J connectivity index is 0.000000970. The van der Waals surface area contributed by atoms with Crippen molar-refractivity contribution >= 4 is 30.6 Å². The van der Waals surface area contributed by atoms with E-state index < -0.39 is 0 Å². The van der Waals surface area contributed by atoms with Crippen LogP contribution >= 0.6 is 19.7 Å². The van der Waals surface area contributed by atoms with E-state index in [0.29, 0.717) is 0 Å². The van der Waals surface area contributed by atoms with Gasteiger partial charge < -0.3 is 19.7 Å². The Morgan fingerprint density at radius 2 is 1.79 bits per heavy atom. The van der Waals surface area contributed by atoms with Crippen molar-refractivity contribution in [1.29, 1.82) is 0 Å². The van der Waals surface area contributed by atoms with E-state index in [9.17, 15) is 5.11 Å². The Morgan fingerprint density at radius 3 is 2.38 bits per heavy atom. The number of hydrogen-bond donors (Lipinski definition) is 1. The number of rotatable bonds is 8. The average Bonchev–Trinajstić information content (AvgIpc) is 3.59. The molecule has 1 saturated heterocycles. The van der Waals surface area contributed by atoms with E-state index >= 15 is 0 Å². The van der Waals surface area contributed by atoms with Gasteiger partial charge in [-0.1, -0.05) is 49.7 Å². The number of methoxy groups -OCH3 is 1. The Kier molecular flexibility index (Phi) is 13.1. The zero-order chi connectivity index (χ0) is 25.1. The van der Waals surface area contributed by atoms with Crippen molar-refractivity contribution in [2.24, 2.45) is 0 Å². The molecule has 1 N–H and O–H groups in total. The number of ether oxygens (including phenoxy) is 1. The van der Waals surface area contributed by atoms with Crippen molar-refractivity contribution in [3.05, 3.63) is 64.8 Å². The fourth-order valence-electron chi connectivity index (χ4n) is 4.64. The summed E-state index contributed by atoms with van der Waals surface area (Å²) in [7, 11) is 3.94. The van der Waals surface area contributed by atoms with Crippen molar-refractivity contribution in [1.82, 2.24) is 14.8 Å². The molecule has 0 saturated carbocycles. The molecule has 0 spiro atoms. The number of aliphatic hydroxyl groups excluding tert-OH is 1. The van der Waals surface area contributed by atoms with Crippen LogP contribution in [0.3, 0.4) is 0 Å². The molecule has 189 valence electrons. The van der Waals surface area contributed by atoms with Crippen molar-refractivity contribution in [3.8, 4) is 5.75 Å². The molecule has 34 heavy (non-hydrogen) atoms. The molecule has 4 rings (SSSR count). The van der Waals surface area contributed by atoms with Crippen LogP contribution in [0.2, 0.25) is 0 Å². The van der Waals surface area contributed by atoms with Gasteiger partial charge in [0, 0.05) is 24.7 Å². The molecule has 5 nitrogen and oxygen atoms in total. The zero-order valence-corrected chi connectivity index (χ0v) is 25.7. The van der Waals surface area contributed by atoms with E-state index in [4.69, 9.17) is 4.74 Å². The molecule has 1 atom stereocenters. The number of aryl methyl sites for hydroxylation is 1. The molecule has 0 bridgehead atoms. The fraction of sp³-hybridized carbons (Fsp3) is 0.481. The summed E-state index contributed by atoms with van der Waals surface area (Å²) in [5, 5.41) is 10.6. The molecule has 3 aromatic rings. The SMILES string of the molecule is CC.COc1cc(C)c2[n-]ccc2c1CN(C)C(CN1CCCC1)c1ccc(CO)cc1.[I][Os]. The minimum atomic E-state index is 0.0788. The number of likely N-dealkylation sites (N-methyl/N-ethyl adjacent to an activating group) is 1. The number of nitrogens with zero attached hydrogens (tertiary/aromatic N) is 3.